The largest absolute Gasteiger partial charge is 0.488 e. The van der Waals surface area contributed by atoms with E-state index in [-0.39, 0.29) is 6.61 Å². The Morgan fingerprint density at radius 2 is 1.95 bits per heavy atom. The van der Waals surface area contributed by atoms with Crippen LogP contribution in [0, 0.1) is 6.92 Å². The van der Waals surface area contributed by atoms with Gasteiger partial charge in [0.05, 0.1) is 5.56 Å². The lowest BCUT2D eigenvalue weighted by Gasteiger charge is -2.13. The van der Waals surface area contributed by atoms with Crippen molar-refractivity contribution in [2.75, 3.05) is 0 Å². The maximum Gasteiger partial charge on any atom is 0.416 e. The van der Waals surface area contributed by atoms with Crippen LogP contribution in [-0.4, -0.2) is 0 Å². The third-order valence-electron chi connectivity index (χ3n) is 3.64. The normalized spacial score (nSPS) is 13.3. The summed E-state index contributed by atoms with van der Waals surface area (Å²) in [5.41, 5.74) is 2.66. The van der Waals surface area contributed by atoms with E-state index in [9.17, 15) is 13.2 Å². The number of fused-ring (bicyclic) bond motifs is 1. The van der Waals surface area contributed by atoms with Crippen LogP contribution in [-0.2, 0) is 19.2 Å². The van der Waals surface area contributed by atoms with E-state index in [2.05, 4.69) is 0 Å². The third-order valence-corrected chi connectivity index (χ3v) is 3.64. The number of hydrogen-bond donors (Lipinski definition) is 0. The Labute approximate surface area is 127 Å². The molecule has 3 rings (SSSR count). The Balaban J connectivity index is 1.82. The lowest BCUT2D eigenvalue weighted by molar-refractivity contribution is -0.137. The topological polar surface area (TPSA) is 9.23 Å². The number of alkyl halides is 3. The van der Waals surface area contributed by atoms with Crippen molar-refractivity contribution < 1.29 is 17.9 Å². The molecule has 0 radical (unpaired) electrons. The van der Waals surface area contributed by atoms with Gasteiger partial charge in [-0.25, -0.2) is 0 Å². The SMILES string of the molecule is Cc1cc(COc2cccc3c2C=CC3)cc(C(F)(F)F)c1. The number of halogens is 3. The van der Waals surface area contributed by atoms with Crippen LogP contribution in [0.4, 0.5) is 13.2 Å². The van der Waals surface area contributed by atoms with Gasteiger partial charge in [0.1, 0.15) is 12.4 Å². The first-order chi connectivity index (χ1) is 10.4. The molecule has 0 N–H and O–H groups in total. The highest BCUT2D eigenvalue weighted by Gasteiger charge is 2.30. The number of benzene rings is 2. The highest BCUT2D eigenvalue weighted by atomic mass is 19.4. The zero-order valence-electron chi connectivity index (χ0n) is 12.1. The Hall–Kier alpha value is -2.23. The zero-order valence-corrected chi connectivity index (χ0v) is 12.1. The van der Waals surface area contributed by atoms with Gasteiger partial charge < -0.3 is 4.74 Å². The van der Waals surface area contributed by atoms with Gasteiger partial charge in [0, 0.05) is 5.56 Å². The summed E-state index contributed by atoms with van der Waals surface area (Å²) in [5, 5.41) is 0. The van der Waals surface area contributed by atoms with E-state index in [1.165, 1.54) is 5.56 Å². The summed E-state index contributed by atoms with van der Waals surface area (Å²) >= 11 is 0. The molecule has 0 spiro atoms. The standard InChI is InChI=1S/C18H15F3O/c1-12-8-13(10-15(9-12)18(19,20)21)11-22-17-7-3-5-14-4-2-6-16(14)17/h2-3,5-10H,4,11H2,1H3. The van der Waals surface area contributed by atoms with Gasteiger partial charge in [0.15, 0.2) is 0 Å². The number of aryl methyl sites for hydroxylation is 1. The minimum Gasteiger partial charge on any atom is -0.488 e. The van der Waals surface area contributed by atoms with Crippen molar-refractivity contribution in [3.05, 3.63) is 70.3 Å². The predicted octanol–water partition coefficient (Wildman–Crippen LogP) is 5.16. The van der Waals surface area contributed by atoms with Crippen LogP contribution in [0.1, 0.15) is 27.8 Å². The lowest BCUT2D eigenvalue weighted by Crippen LogP contribution is -2.07. The van der Waals surface area contributed by atoms with Crippen LogP contribution >= 0.6 is 0 Å². The highest BCUT2D eigenvalue weighted by molar-refractivity contribution is 5.66. The van der Waals surface area contributed by atoms with Crippen molar-refractivity contribution >= 4 is 6.08 Å². The second-order valence-electron chi connectivity index (χ2n) is 5.43. The predicted molar refractivity (Wildman–Crippen MR) is 79.7 cm³/mol. The lowest BCUT2D eigenvalue weighted by atomic mass is 10.1. The molecule has 0 heterocycles. The molecule has 0 aliphatic heterocycles. The van der Waals surface area contributed by atoms with Gasteiger partial charge in [-0.2, -0.15) is 13.2 Å². The Morgan fingerprint density at radius 3 is 2.73 bits per heavy atom. The molecule has 22 heavy (non-hydrogen) atoms. The van der Waals surface area contributed by atoms with Crippen molar-refractivity contribution in [3.63, 3.8) is 0 Å². The first-order valence-corrected chi connectivity index (χ1v) is 7.02. The van der Waals surface area contributed by atoms with Crippen molar-refractivity contribution in [1.29, 1.82) is 0 Å². The summed E-state index contributed by atoms with van der Waals surface area (Å²) < 4.78 is 44.3. The monoisotopic (exact) mass is 304 g/mol. The second kappa shape index (κ2) is 5.52. The molecule has 4 heteroatoms. The maximum absolute atomic E-state index is 12.8. The number of allylic oxidation sites excluding steroid dienone is 1. The van der Waals surface area contributed by atoms with Gasteiger partial charge >= 0.3 is 6.18 Å². The Kier molecular flexibility index (Phi) is 3.69. The molecule has 0 saturated carbocycles. The molecule has 0 amide bonds. The first kappa shape index (κ1) is 14.7. The fourth-order valence-electron chi connectivity index (χ4n) is 2.66. The van der Waals surface area contributed by atoms with E-state index in [0.717, 1.165) is 24.1 Å². The van der Waals surface area contributed by atoms with Crippen LogP contribution in [0.25, 0.3) is 6.08 Å². The smallest absolute Gasteiger partial charge is 0.416 e. The second-order valence-corrected chi connectivity index (χ2v) is 5.43. The van der Waals surface area contributed by atoms with Crippen LogP contribution in [0.5, 0.6) is 5.75 Å². The summed E-state index contributed by atoms with van der Waals surface area (Å²) in [6.07, 6.45) is 0.570. The molecule has 114 valence electrons. The first-order valence-electron chi connectivity index (χ1n) is 7.02. The molecule has 0 aromatic heterocycles. The summed E-state index contributed by atoms with van der Waals surface area (Å²) in [6, 6.07) is 9.77. The molecule has 0 atom stereocenters. The van der Waals surface area contributed by atoms with Crippen molar-refractivity contribution in [2.24, 2.45) is 0 Å². The number of hydrogen-bond acceptors (Lipinski definition) is 1. The van der Waals surface area contributed by atoms with Gasteiger partial charge in [-0.3, -0.25) is 0 Å². The van der Waals surface area contributed by atoms with Gasteiger partial charge in [-0.05, 0) is 42.7 Å². The third kappa shape index (κ3) is 3.01. The summed E-state index contributed by atoms with van der Waals surface area (Å²) in [5.74, 6) is 0.710. The van der Waals surface area contributed by atoms with Gasteiger partial charge in [0.2, 0.25) is 0 Å². The van der Waals surface area contributed by atoms with Crippen molar-refractivity contribution in [2.45, 2.75) is 26.1 Å². The molecular weight excluding hydrogens is 289 g/mol. The van der Waals surface area contributed by atoms with Crippen LogP contribution in [0.3, 0.4) is 0 Å². The molecule has 2 aromatic carbocycles. The minimum absolute atomic E-state index is 0.120. The molecule has 1 aliphatic carbocycles. The average molecular weight is 304 g/mol. The summed E-state index contributed by atoms with van der Waals surface area (Å²) in [7, 11) is 0. The molecule has 1 nitrogen and oxygen atoms in total. The van der Waals surface area contributed by atoms with Crippen molar-refractivity contribution in [3.8, 4) is 5.75 Å². The van der Waals surface area contributed by atoms with Crippen molar-refractivity contribution in [1.82, 2.24) is 0 Å². The van der Waals surface area contributed by atoms with E-state index >= 15 is 0 Å². The maximum atomic E-state index is 12.8. The minimum atomic E-state index is -4.34. The van der Waals surface area contributed by atoms with E-state index in [1.54, 1.807) is 13.0 Å². The molecular formula is C18H15F3O. The molecule has 1 aliphatic rings. The van der Waals surface area contributed by atoms with Crippen LogP contribution in [0.15, 0.2) is 42.5 Å². The molecule has 2 aromatic rings. The van der Waals surface area contributed by atoms with Gasteiger partial charge in [-0.1, -0.05) is 35.9 Å². The van der Waals surface area contributed by atoms with Crippen LogP contribution < -0.4 is 4.74 Å². The number of rotatable bonds is 3. The fourth-order valence-corrected chi connectivity index (χ4v) is 2.66. The van der Waals surface area contributed by atoms with E-state index in [0.29, 0.717) is 16.9 Å². The molecule has 0 fully saturated rings. The van der Waals surface area contributed by atoms with E-state index in [1.807, 2.05) is 30.4 Å². The summed E-state index contributed by atoms with van der Waals surface area (Å²) in [6.45, 7) is 1.77. The zero-order chi connectivity index (χ0) is 15.7. The number of ether oxygens (including phenoxy) is 1. The van der Waals surface area contributed by atoms with E-state index in [4.69, 9.17) is 4.74 Å². The van der Waals surface area contributed by atoms with Gasteiger partial charge in [0.25, 0.3) is 0 Å². The summed E-state index contributed by atoms with van der Waals surface area (Å²) in [4.78, 5) is 0. The van der Waals surface area contributed by atoms with Crippen LogP contribution in [0.2, 0.25) is 0 Å². The quantitative estimate of drug-likeness (QED) is 0.761. The average Bonchev–Trinajstić information content (AvgIpc) is 2.92. The van der Waals surface area contributed by atoms with E-state index < -0.39 is 11.7 Å². The molecule has 0 bridgehead atoms. The fraction of sp³-hybridized carbons (Fsp3) is 0.222. The highest BCUT2D eigenvalue weighted by Crippen LogP contribution is 2.32. The van der Waals surface area contributed by atoms with Gasteiger partial charge in [-0.15, -0.1) is 0 Å². The molecule has 0 unspecified atom stereocenters. The molecule has 0 saturated heterocycles. The Bertz CT molecular complexity index is 730. The Morgan fingerprint density at radius 1 is 1.14 bits per heavy atom.